The molecular formula is C21H19N3O5. The van der Waals surface area contributed by atoms with E-state index >= 15 is 0 Å². The number of para-hydroxylation sites is 1. The quantitative estimate of drug-likeness (QED) is 0.348. The highest BCUT2D eigenvalue weighted by molar-refractivity contribution is 5.99. The lowest BCUT2D eigenvalue weighted by atomic mass is 10.1. The van der Waals surface area contributed by atoms with Crippen LogP contribution in [0.15, 0.2) is 65.9 Å². The van der Waals surface area contributed by atoms with Gasteiger partial charge in [-0.25, -0.2) is 9.48 Å². The van der Waals surface area contributed by atoms with Crippen LogP contribution in [0.3, 0.4) is 0 Å². The van der Waals surface area contributed by atoms with E-state index in [1.165, 1.54) is 0 Å². The summed E-state index contributed by atoms with van der Waals surface area (Å²) in [6.07, 6.45) is 1.81. The Balaban J connectivity index is 1.25. The van der Waals surface area contributed by atoms with E-state index in [1.54, 1.807) is 23.7 Å². The second-order valence-electron chi connectivity index (χ2n) is 6.27. The fraction of sp³-hybridized carbons (Fsp3) is 0.190. The van der Waals surface area contributed by atoms with Gasteiger partial charge in [0.2, 0.25) is 13.4 Å². The van der Waals surface area contributed by atoms with E-state index in [4.69, 9.17) is 19.0 Å². The van der Waals surface area contributed by atoms with Crippen LogP contribution in [-0.2, 0) is 21.0 Å². The van der Waals surface area contributed by atoms with Gasteiger partial charge in [0.1, 0.15) is 12.3 Å². The van der Waals surface area contributed by atoms with Gasteiger partial charge in [-0.05, 0) is 43.3 Å². The van der Waals surface area contributed by atoms with Crippen LogP contribution in [0, 0.1) is 0 Å². The molecule has 0 fully saturated rings. The second kappa shape index (κ2) is 8.47. The first-order chi connectivity index (χ1) is 14.2. The van der Waals surface area contributed by atoms with Crippen molar-refractivity contribution in [2.45, 2.75) is 13.5 Å². The van der Waals surface area contributed by atoms with Crippen LogP contribution >= 0.6 is 0 Å². The molecule has 1 aliphatic heterocycles. The number of hydrogen-bond donors (Lipinski definition) is 0. The number of carbonyl (C=O) groups excluding carboxylic acids is 1. The van der Waals surface area contributed by atoms with Crippen molar-refractivity contribution in [3.63, 3.8) is 0 Å². The van der Waals surface area contributed by atoms with Crippen molar-refractivity contribution in [2.75, 3.05) is 13.4 Å². The molecule has 1 aromatic heterocycles. The molecule has 1 aliphatic rings. The number of carbonyl (C=O) groups is 1. The number of esters is 1. The molecule has 29 heavy (non-hydrogen) atoms. The van der Waals surface area contributed by atoms with E-state index in [0.29, 0.717) is 22.9 Å². The summed E-state index contributed by atoms with van der Waals surface area (Å²) in [5.74, 6) is 0.827. The SMILES string of the molecule is C/C(=N/OCC(=O)OCc1ccn(-c2ccccc2)n1)c1ccc2c(c1)OCO2. The summed E-state index contributed by atoms with van der Waals surface area (Å²) in [7, 11) is 0. The summed E-state index contributed by atoms with van der Waals surface area (Å²) < 4.78 is 17.5. The Morgan fingerprint density at radius 1 is 1.14 bits per heavy atom. The van der Waals surface area contributed by atoms with Gasteiger partial charge in [-0.1, -0.05) is 23.4 Å². The van der Waals surface area contributed by atoms with E-state index in [-0.39, 0.29) is 20.0 Å². The summed E-state index contributed by atoms with van der Waals surface area (Å²) in [4.78, 5) is 17.0. The molecule has 148 valence electrons. The zero-order valence-electron chi connectivity index (χ0n) is 15.8. The summed E-state index contributed by atoms with van der Waals surface area (Å²) in [5.41, 5.74) is 3.00. The molecule has 8 nitrogen and oxygen atoms in total. The maximum absolute atomic E-state index is 11.9. The summed E-state index contributed by atoms with van der Waals surface area (Å²) in [6.45, 7) is 1.76. The van der Waals surface area contributed by atoms with Crippen molar-refractivity contribution >= 4 is 11.7 Å². The molecule has 8 heteroatoms. The second-order valence-corrected chi connectivity index (χ2v) is 6.27. The minimum Gasteiger partial charge on any atom is -0.457 e. The minimum atomic E-state index is -0.526. The first-order valence-corrected chi connectivity index (χ1v) is 9.01. The van der Waals surface area contributed by atoms with Crippen LogP contribution in [0.5, 0.6) is 11.5 Å². The van der Waals surface area contributed by atoms with E-state index in [0.717, 1.165) is 11.3 Å². The highest BCUT2D eigenvalue weighted by Gasteiger charge is 2.14. The Kier molecular flexibility index (Phi) is 5.42. The van der Waals surface area contributed by atoms with E-state index in [1.807, 2.05) is 48.7 Å². The molecule has 2 heterocycles. The van der Waals surface area contributed by atoms with Gasteiger partial charge in [-0.2, -0.15) is 5.10 Å². The number of ether oxygens (including phenoxy) is 3. The number of benzene rings is 2. The average Bonchev–Trinajstić information content (AvgIpc) is 3.41. The molecular weight excluding hydrogens is 374 g/mol. The van der Waals surface area contributed by atoms with E-state index in [9.17, 15) is 4.79 Å². The van der Waals surface area contributed by atoms with Gasteiger partial charge in [0.15, 0.2) is 11.5 Å². The fourth-order valence-electron chi connectivity index (χ4n) is 2.72. The third-order valence-electron chi connectivity index (χ3n) is 4.22. The topological polar surface area (TPSA) is 84.2 Å². The Morgan fingerprint density at radius 3 is 2.83 bits per heavy atom. The van der Waals surface area contributed by atoms with Crippen LogP contribution < -0.4 is 9.47 Å². The molecule has 0 unspecified atom stereocenters. The third kappa shape index (κ3) is 4.55. The fourth-order valence-corrected chi connectivity index (χ4v) is 2.72. The Bertz CT molecular complexity index is 1030. The molecule has 0 radical (unpaired) electrons. The van der Waals surface area contributed by atoms with E-state index < -0.39 is 5.97 Å². The normalized spacial score (nSPS) is 12.7. The lowest BCUT2D eigenvalue weighted by Crippen LogP contribution is -2.12. The molecule has 0 amide bonds. The smallest absolute Gasteiger partial charge is 0.347 e. The predicted octanol–water partition coefficient (Wildman–Crippen LogP) is 3.09. The average molecular weight is 393 g/mol. The molecule has 0 saturated carbocycles. The van der Waals surface area contributed by atoms with Gasteiger partial charge in [0.05, 0.1) is 11.4 Å². The summed E-state index contributed by atoms with van der Waals surface area (Å²) in [6, 6.07) is 16.9. The maximum Gasteiger partial charge on any atom is 0.347 e. The standard InChI is InChI=1S/C21H19N3O5/c1-15(16-7-8-19-20(11-16)28-14-27-19)23-29-13-21(25)26-12-17-9-10-24(22-17)18-5-3-2-4-6-18/h2-11H,12-14H2,1H3/b23-15-. The molecule has 0 saturated heterocycles. The zero-order valence-corrected chi connectivity index (χ0v) is 15.8. The zero-order chi connectivity index (χ0) is 20.1. The van der Waals surface area contributed by atoms with Crippen LogP contribution in [-0.4, -0.2) is 34.9 Å². The van der Waals surface area contributed by atoms with Crippen LogP contribution in [0.1, 0.15) is 18.2 Å². The Morgan fingerprint density at radius 2 is 1.97 bits per heavy atom. The van der Waals surface area contributed by atoms with Crippen LogP contribution in [0.2, 0.25) is 0 Å². The lowest BCUT2D eigenvalue weighted by molar-refractivity contribution is -0.150. The third-order valence-corrected chi connectivity index (χ3v) is 4.22. The lowest BCUT2D eigenvalue weighted by Gasteiger charge is -2.04. The van der Waals surface area contributed by atoms with Gasteiger partial charge in [-0.15, -0.1) is 0 Å². The number of rotatable bonds is 7. The van der Waals surface area contributed by atoms with Gasteiger partial charge in [-0.3, -0.25) is 0 Å². The van der Waals surface area contributed by atoms with Crippen molar-refractivity contribution in [3.05, 3.63) is 72.1 Å². The number of nitrogens with zero attached hydrogens (tertiary/aromatic N) is 3. The van der Waals surface area contributed by atoms with Crippen molar-refractivity contribution in [3.8, 4) is 17.2 Å². The van der Waals surface area contributed by atoms with E-state index in [2.05, 4.69) is 10.3 Å². The van der Waals surface area contributed by atoms with Crippen LogP contribution in [0.4, 0.5) is 0 Å². The Labute approximate surface area is 167 Å². The maximum atomic E-state index is 11.9. The molecule has 4 rings (SSSR count). The summed E-state index contributed by atoms with van der Waals surface area (Å²) in [5, 5.41) is 8.34. The predicted molar refractivity (Wildman–Crippen MR) is 104 cm³/mol. The van der Waals surface area contributed by atoms with Crippen molar-refractivity contribution < 1.29 is 23.8 Å². The number of aromatic nitrogens is 2. The molecule has 0 aliphatic carbocycles. The van der Waals surface area contributed by atoms with Crippen LogP contribution in [0.25, 0.3) is 5.69 Å². The molecule has 3 aromatic rings. The minimum absolute atomic E-state index is 0.0624. The van der Waals surface area contributed by atoms with Crippen molar-refractivity contribution in [1.82, 2.24) is 9.78 Å². The molecule has 0 N–H and O–H groups in total. The van der Waals surface area contributed by atoms with Crippen molar-refractivity contribution in [2.24, 2.45) is 5.16 Å². The molecule has 0 spiro atoms. The van der Waals surface area contributed by atoms with Gasteiger partial charge in [0.25, 0.3) is 0 Å². The largest absolute Gasteiger partial charge is 0.457 e. The molecule has 2 aromatic carbocycles. The molecule has 0 bridgehead atoms. The van der Waals surface area contributed by atoms with Gasteiger partial charge >= 0.3 is 5.97 Å². The van der Waals surface area contributed by atoms with Gasteiger partial charge < -0.3 is 19.0 Å². The first kappa shape index (κ1) is 18.5. The number of oxime groups is 1. The number of hydrogen-bond acceptors (Lipinski definition) is 7. The number of fused-ring (bicyclic) bond motifs is 1. The highest BCUT2D eigenvalue weighted by Crippen LogP contribution is 2.32. The van der Waals surface area contributed by atoms with Crippen molar-refractivity contribution in [1.29, 1.82) is 0 Å². The monoisotopic (exact) mass is 393 g/mol. The highest BCUT2D eigenvalue weighted by atomic mass is 16.7. The Hall–Kier alpha value is -3.81. The van der Waals surface area contributed by atoms with Gasteiger partial charge in [0, 0.05) is 11.8 Å². The molecule has 0 atom stereocenters. The first-order valence-electron chi connectivity index (χ1n) is 9.01. The summed E-state index contributed by atoms with van der Waals surface area (Å²) >= 11 is 0.